The molecule has 2 atom stereocenters. The van der Waals surface area contributed by atoms with E-state index < -0.39 is 0 Å². The minimum atomic E-state index is 0.0476. The largest absolute Gasteiger partial charge is 0.507 e. The third-order valence-corrected chi connectivity index (χ3v) is 7.55. The second-order valence-corrected chi connectivity index (χ2v) is 11.1. The van der Waals surface area contributed by atoms with Crippen molar-refractivity contribution in [2.24, 2.45) is 5.92 Å². The summed E-state index contributed by atoms with van der Waals surface area (Å²) in [5, 5.41) is 19.5. The van der Waals surface area contributed by atoms with Crippen molar-refractivity contribution in [3.05, 3.63) is 59.0 Å². The van der Waals surface area contributed by atoms with Gasteiger partial charge in [-0.25, -0.2) is 4.68 Å². The first-order valence-corrected chi connectivity index (χ1v) is 15.3. The van der Waals surface area contributed by atoms with Crippen molar-refractivity contribution >= 4 is 0 Å². The lowest BCUT2D eigenvalue weighted by Gasteiger charge is -2.32. The molecule has 1 aromatic heterocycles. The van der Waals surface area contributed by atoms with Crippen molar-refractivity contribution in [2.45, 2.75) is 78.4 Å². The Hall–Kier alpha value is -2.72. The van der Waals surface area contributed by atoms with Crippen LogP contribution in [0.1, 0.15) is 75.6 Å². The monoisotopic (exact) mass is 585 g/mol. The third kappa shape index (κ3) is 11.2. The molecular formula is C33H51N3O6. The molecule has 0 spiro atoms. The Kier molecular flexibility index (Phi) is 15.1. The number of benzene rings is 1. The molecule has 42 heavy (non-hydrogen) atoms. The highest BCUT2D eigenvalue weighted by molar-refractivity contribution is 5.52. The first kappa shape index (κ1) is 33.8. The summed E-state index contributed by atoms with van der Waals surface area (Å²) >= 11 is 0. The lowest BCUT2D eigenvalue weighted by molar-refractivity contribution is 0.0292. The van der Waals surface area contributed by atoms with E-state index in [-0.39, 0.29) is 11.8 Å². The molecule has 1 heterocycles. The van der Waals surface area contributed by atoms with E-state index >= 15 is 0 Å². The molecule has 9 heteroatoms. The second-order valence-electron chi connectivity index (χ2n) is 11.1. The first-order valence-electron chi connectivity index (χ1n) is 15.3. The minimum Gasteiger partial charge on any atom is -0.507 e. The van der Waals surface area contributed by atoms with Crippen LogP contribution in [0.5, 0.6) is 11.5 Å². The molecule has 2 unspecified atom stereocenters. The van der Waals surface area contributed by atoms with E-state index in [1.807, 2.05) is 12.3 Å². The number of hydrogen-bond acceptors (Lipinski definition) is 8. The fraction of sp³-hybridized carbons (Fsp3) is 0.636. The maximum Gasteiger partial charge on any atom is 0.127 e. The average Bonchev–Trinajstić information content (AvgIpc) is 3.41. The predicted octanol–water partition coefficient (Wildman–Crippen LogP) is 6.01. The zero-order valence-electron chi connectivity index (χ0n) is 26.1. The summed E-state index contributed by atoms with van der Waals surface area (Å²) in [4.78, 5) is 0. The Morgan fingerprint density at radius 3 is 2.60 bits per heavy atom. The number of unbranched alkanes of at least 4 members (excludes halogenated alkanes) is 2. The molecule has 1 aliphatic carbocycles. The van der Waals surface area contributed by atoms with Gasteiger partial charge in [-0.15, -0.1) is 5.10 Å². The van der Waals surface area contributed by atoms with Gasteiger partial charge in [0.05, 0.1) is 59.0 Å². The summed E-state index contributed by atoms with van der Waals surface area (Å²) in [6.07, 6.45) is 10.6. The molecule has 0 saturated heterocycles. The fourth-order valence-electron chi connectivity index (χ4n) is 5.28. The van der Waals surface area contributed by atoms with Gasteiger partial charge in [0.1, 0.15) is 23.8 Å². The van der Waals surface area contributed by atoms with Crippen LogP contribution in [0.15, 0.2) is 42.1 Å². The van der Waals surface area contributed by atoms with Crippen LogP contribution >= 0.6 is 0 Å². The number of nitrogens with zero attached hydrogens (tertiary/aromatic N) is 3. The number of hydrogen-bond donors (Lipinski definition) is 1. The molecule has 0 radical (unpaired) electrons. The lowest BCUT2D eigenvalue weighted by atomic mass is 9.73. The number of aromatic nitrogens is 3. The lowest BCUT2D eigenvalue weighted by Crippen LogP contribution is -2.19. The standard InChI is InChI=1S/C33H51N3O6/c1-6-7-8-9-27-21-31(37)33(30-20-26(4)10-11-29(30)25(2)3)32(22-27)42-19-18-40-16-17-41-24-28-23-36(35-34-28)12-13-39-15-14-38-5/h20-23,29-30,37H,2,6-19,24H2,1,3-5H3. The number of ether oxygens (including phenoxy) is 5. The molecule has 1 aliphatic rings. The molecule has 0 fully saturated rings. The minimum absolute atomic E-state index is 0.0476. The van der Waals surface area contributed by atoms with Gasteiger partial charge in [0, 0.05) is 18.6 Å². The zero-order chi connectivity index (χ0) is 30.2. The molecule has 0 amide bonds. The number of methoxy groups -OCH3 is 1. The van der Waals surface area contributed by atoms with E-state index in [1.165, 1.54) is 12.0 Å². The summed E-state index contributed by atoms with van der Waals surface area (Å²) < 4.78 is 29.9. The molecule has 0 saturated carbocycles. The molecule has 1 aromatic carbocycles. The Balaban J connectivity index is 1.47. The Morgan fingerprint density at radius 1 is 1.05 bits per heavy atom. The Labute approximate surface area is 251 Å². The highest BCUT2D eigenvalue weighted by Crippen LogP contribution is 2.47. The number of rotatable bonds is 21. The quantitative estimate of drug-likeness (QED) is 0.141. The van der Waals surface area contributed by atoms with Crippen molar-refractivity contribution in [3.63, 3.8) is 0 Å². The van der Waals surface area contributed by atoms with Crippen LogP contribution in [-0.2, 0) is 38.5 Å². The van der Waals surface area contributed by atoms with Crippen LogP contribution in [0.2, 0.25) is 0 Å². The normalized spacial score (nSPS) is 16.9. The van der Waals surface area contributed by atoms with E-state index in [0.717, 1.165) is 60.2 Å². The van der Waals surface area contributed by atoms with Gasteiger partial charge in [0.25, 0.3) is 0 Å². The van der Waals surface area contributed by atoms with Crippen molar-refractivity contribution in [1.82, 2.24) is 15.0 Å². The highest BCUT2D eigenvalue weighted by Gasteiger charge is 2.30. The van der Waals surface area contributed by atoms with E-state index in [4.69, 9.17) is 23.7 Å². The SMILES string of the molecule is C=C(C)C1CCC(C)=CC1c1c(O)cc(CCCCC)cc1OCCOCCOCc1cn(CCOCCOC)nn1. The molecule has 0 bridgehead atoms. The number of phenols is 1. The smallest absolute Gasteiger partial charge is 0.127 e. The van der Waals surface area contributed by atoms with E-state index in [2.05, 4.69) is 49.8 Å². The molecular weight excluding hydrogens is 534 g/mol. The van der Waals surface area contributed by atoms with Crippen LogP contribution in [0.4, 0.5) is 0 Å². The molecule has 234 valence electrons. The Bertz CT molecular complexity index is 1120. The molecule has 2 aromatic rings. The van der Waals surface area contributed by atoms with Crippen LogP contribution in [0.3, 0.4) is 0 Å². The van der Waals surface area contributed by atoms with Crippen LogP contribution in [0, 0.1) is 5.92 Å². The maximum absolute atomic E-state index is 11.2. The van der Waals surface area contributed by atoms with Gasteiger partial charge in [0.15, 0.2) is 0 Å². The van der Waals surface area contributed by atoms with E-state index in [9.17, 15) is 5.11 Å². The number of phenolic OH excluding ortho intramolecular Hbond substituents is 1. The number of aryl methyl sites for hydroxylation is 1. The summed E-state index contributed by atoms with van der Waals surface area (Å²) in [5.41, 5.74) is 5.21. The van der Waals surface area contributed by atoms with Gasteiger partial charge in [-0.05, 0) is 63.1 Å². The van der Waals surface area contributed by atoms with Gasteiger partial charge >= 0.3 is 0 Å². The fourth-order valence-corrected chi connectivity index (χ4v) is 5.28. The summed E-state index contributed by atoms with van der Waals surface area (Å²) in [6.45, 7) is 15.1. The summed E-state index contributed by atoms with van der Waals surface area (Å²) in [7, 11) is 1.65. The maximum atomic E-state index is 11.2. The summed E-state index contributed by atoms with van der Waals surface area (Å²) in [6, 6.07) is 4.04. The average molecular weight is 586 g/mol. The first-order chi connectivity index (χ1) is 20.4. The van der Waals surface area contributed by atoms with Gasteiger partial charge in [-0.1, -0.05) is 48.8 Å². The molecule has 3 rings (SSSR count). The molecule has 1 N–H and O–H groups in total. The topological polar surface area (TPSA) is 97.1 Å². The summed E-state index contributed by atoms with van der Waals surface area (Å²) in [5.74, 6) is 1.38. The van der Waals surface area contributed by atoms with Crippen molar-refractivity contribution in [2.75, 3.05) is 53.4 Å². The number of aromatic hydroxyl groups is 1. The zero-order valence-corrected chi connectivity index (χ0v) is 26.1. The predicted molar refractivity (Wildman–Crippen MR) is 164 cm³/mol. The third-order valence-electron chi connectivity index (χ3n) is 7.55. The van der Waals surface area contributed by atoms with Gasteiger partial charge in [0.2, 0.25) is 0 Å². The molecule has 9 nitrogen and oxygen atoms in total. The Morgan fingerprint density at radius 2 is 1.81 bits per heavy atom. The van der Waals surface area contributed by atoms with Crippen molar-refractivity contribution in [1.29, 1.82) is 0 Å². The van der Waals surface area contributed by atoms with Gasteiger partial charge in [-0.2, -0.15) is 0 Å². The van der Waals surface area contributed by atoms with Crippen LogP contribution in [0.25, 0.3) is 0 Å². The van der Waals surface area contributed by atoms with E-state index in [1.54, 1.807) is 11.8 Å². The van der Waals surface area contributed by atoms with Crippen LogP contribution in [-0.4, -0.2) is 73.5 Å². The second kappa shape index (κ2) is 18.7. The van der Waals surface area contributed by atoms with Gasteiger partial charge in [-0.3, -0.25) is 0 Å². The number of allylic oxidation sites excluding steroid dienone is 3. The van der Waals surface area contributed by atoms with Crippen LogP contribution < -0.4 is 4.74 Å². The van der Waals surface area contributed by atoms with Gasteiger partial charge < -0.3 is 28.8 Å². The van der Waals surface area contributed by atoms with Crippen molar-refractivity contribution < 1.29 is 28.8 Å². The van der Waals surface area contributed by atoms with E-state index in [0.29, 0.717) is 65.1 Å². The molecule has 0 aliphatic heterocycles. The highest BCUT2D eigenvalue weighted by atomic mass is 16.5. The van der Waals surface area contributed by atoms with Crippen molar-refractivity contribution in [3.8, 4) is 11.5 Å².